The van der Waals surface area contributed by atoms with Gasteiger partial charge in [-0.1, -0.05) is 12.1 Å². The predicted octanol–water partition coefficient (Wildman–Crippen LogP) is 1.92. The van der Waals surface area contributed by atoms with E-state index in [9.17, 15) is 4.79 Å². The fourth-order valence-corrected chi connectivity index (χ4v) is 0.865. The molecule has 0 atom stereocenters. The highest BCUT2D eigenvalue weighted by atomic mass is 35.5. The van der Waals surface area contributed by atoms with E-state index < -0.39 is 5.24 Å². The molecule has 0 radical (unpaired) electrons. The van der Waals surface area contributed by atoms with Crippen molar-refractivity contribution < 1.29 is 14.9 Å². The standard InChI is InChI=1S/C7H5ClO3/c8-7(9)5-3-1-2-4-6(5)11-10/h1-4,10H. The summed E-state index contributed by atoms with van der Waals surface area (Å²) >= 11 is 5.16. The maximum absolute atomic E-state index is 10.6. The maximum Gasteiger partial charge on any atom is 0.256 e. The minimum Gasteiger partial charge on any atom is -0.339 e. The van der Waals surface area contributed by atoms with Crippen molar-refractivity contribution >= 4 is 16.8 Å². The van der Waals surface area contributed by atoms with Crippen molar-refractivity contribution in [2.75, 3.05) is 0 Å². The zero-order chi connectivity index (χ0) is 8.27. The summed E-state index contributed by atoms with van der Waals surface area (Å²) in [6.07, 6.45) is 0. The van der Waals surface area contributed by atoms with Gasteiger partial charge in [0.05, 0.1) is 5.56 Å². The van der Waals surface area contributed by atoms with Crippen molar-refractivity contribution in [2.24, 2.45) is 0 Å². The lowest BCUT2D eigenvalue weighted by molar-refractivity contribution is -0.137. The zero-order valence-corrected chi connectivity index (χ0v) is 6.21. The van der Waals surface area contributed by atoms with Crippen molar-refractivity contribution in [1.82, 2.24) is 0 Å². The molecule has 0 fully saturated rings. The molecule has 0 bridgehead atoms. The molecular weight excluding hydrogens is 168 g/mol. The number of hydrogen-bond acceptors (Lipinski definition) is 3. The Morgan fingerprint density at radius 3 is 2.55 bits per heavy atom. The van der Waals surface area contributed by atoms with E-state index in [1.807, 2.05) is 0 Å². The molecule has 0 saturated carbocycles. The molecule has 0 unspecified atom stereocenters. The quantitative estimate of drug-likeness (QED) is 0.421. The van der Waals surface area contributed by atoms with Crippen LogP contribution in [0.3, 0.4) is 0 Å². The smallest absolute Gasteiger partial charge is 0.256 e. The van der Waals surface area contributed by atoms with E-state index in [-0.39, 0.29) is 11.3 Å². The summed E-state index contributed by atoms with van der Waals surface area (Å²) in [4.78, 5) is 14.5. The van der Waals surface area contributed by atoms with Crippen LogP contribution in [0.25, 0.3) is 0 Å². The lowest BCUT2D eigenvalue weighted by Crippen LogP contribution is -1.94. The molecule has 0 saturated heterocycles. The highest BCUT2D eigenvalue weighted by Gasteiger charge is 2.08. The molecule has 0 heterocycles. The van der Waals surface area contributed by atoms with Crippen LogP contribution in [0, 0.1) is 0 Å². The lowest BCUT2D eigenvalue weighted by Gasteiger charge is -1.99. The fourth-order valence-electron chi connectivity index (χ4n) is 0.709. The number of para-hydroxylation sites is 1. The first-order valence-electron chi connectivity index (χ1n) is 2.86. The second-order valence-corrected chi connectivity index (χ2v) is 2.20. The Bertz CT molecular complexity index is 272. The van der Waals surface area contributed by atoms with Crippen molar-refractivity contribution in [3.8, 4) is 5.75 Å². The summed E-state index contributed by atoms with van der Waals surface area (Å²) in [5, 5.41) is 7.60. The highest BCUT2D eigenvalue weighted by Crippen LogP contribution is 2.18. The zero-order valence-electron chi connectivity index (χ0n) is 5.45. The van der Waals surface area contributed by atoms with Crippen molar-refractivity contribution in [2.45, 2.75) is 0 Å². The third-order valence-electron chi connectivity index (χ3n) is 1.20. The summed E-state index contributed by atoms with van der Waals surface area (Å²) in [7, 11) is 0. The number of hydrogen-bond donors (Lipinski definition) is 1. The van der Waals surface area contributed by atoms with Gasteiger partial charge in [0, 0.05) is 0 Å². The molecule has 0 aliphatic heterocycles. The number of benzene rings is 1. The third-order valence-corrected chi connectivity index (χ3v) is 1.40. The topological polar surface area (TPSA) is 46.5 Å². The summed E-state index contributed by atoms with van der Waals surface area (Å²) in [6.45, 7) is 0. The van der Waals surface area contributed by atoms with E-state index in [0.717, 1.165) is 0 Å². The van der Waals surface area contributed by atoms with Gasteiger partial charge in [0.25, 0.3) is 5.24 Å². The van der Waals surface area contributed by atoms with Gasteiger partial charge in [0.2, 0.25) is 0 Å². The Morgan fingerprint density at radius 1 is 1.45 bits per heavy atom. The van der Waals surface area contributed by atoms with Crippen LogP contribution in [-0.2, 0) is 0 Å². The Hall–Kier alpha value is -1.06. The van der Waals surface area contributed by atoms with Crippen LogP contribution in [0.15, 0.2) is 24.3 Å². The predicted molar refractivity (Wildman–Crippen MR) is 39.9 cm³/mol. The molecule has 1 rings (SSSR count). The Balaban J connectivity index is 3.12. The van der Waals surface area contributed by atoms with Gasteiger partial charge in [-0.3, -0.25) is 4.79 Å². The first-order chi connectivity index (χ1) is 5.25. The van der Waals surface area contributed by atoms with Crippen LogP contribution < -0.4 is 4.89 Å². The maximum atomic E-state index is 10.6. The molecule has 11 heavy (non-hydrogen) atoms. The van der Waals surface area contributed by atoms with Crippen LogP contribution in [0.1, 0.15) is 10.4 Å². The largest absolute Gasteiger partial charge is 0.339 e. The van der Waals surface area contributed by atoms with Crippen LogP contribution in [-0.4, -0.2) is 10.5 Å². The van der Waals surface area contributed by atoms with E-state index in [1.165, 1.54) is 12.1 Å². The molecule has 0 spiro atoms. The van der Waals surface area contributed by atoms with Gasteiger partial charge >= 0.3 is 0 Å². The molecule has 1 N–H and O–H groups in total. The molecular formula is C7H5ClO3. The first kappa shape index (κ1) is 8.04. The summed E-state index contributed by atoms with van der Waals surface area (Å²) in [5.74, 6) is 0.0625. The van der Waals surface area contributed by atoms with Crippen molar-refractivity contribution in [1.29, 1.82) is 0 Å². The van der Waals surface area contributed by atoms with E-state index in [4.69, 9.17) is 16.9 Å². The van der Waals surface area contributed by atoms with Crippen molar-refractivity contribution in [3.05, 3.63) is 29.8 Å². The van der Waals surface area contributed by atoms with Crippen LogP contribution in [0.4, 0.5) is 0 Å². The number of carbonyl (C=O) groups excluding carboxylic acids is 1. The second kappa shape index (κ2) is 3.37. The van der Waals surface area contributed by atoms with E-state index in [1.54, 1.807) is 12.1 Å². The normalized spacial score (nSPS) is 9.27. The van der Waals surface area contributed by atoms with Crippen LogP contribution >= 0.6 is 11.6 Å². The van der Waals surface area contributed by atoms with Gasteiger partial charge in [-0.05, 0) is 23.7 Å². The lowest BCUT2D eigenvalue weighted by atomic mass is 10.2. The van der Waals surface area contributed by atoms with Gasteiger partial charge in [-0.25, -0.2) is 5.26 Å². The third kappa shape index (κ3) is 1.69. The molecule has 4 heteroatoms. The van der Waals surface area contributed by atoms with Gasteiger partial charge in [-0.15, -0.1) is 0 Å². The van der Waals surface area contributed by atoms with Gasteiger partial charge in [0.15, 0.2) is 5.75 Å². The molecule has 58 valence electrons. The van der Waals surface area contributed by atoms with Crippen LogP contribution in [0.2, 0.25) is 0 Å². The van der Waals surface area contributed by atoms with E-state index in [0.29, 0.717) is 0 Å². The Morgan fingerprint density at radius 2 is 2.09 bits per heavy atom. The molecule has 3 nitrogen and oxygen atoms in total. The first-order valence-corrected chi connectivity index (χ1v) is 3.24. The average molecular weight is 173 g/mol. The minimum absolute atomic E-state index is 0.0625. The Kier molecular flexibility index (Phi) is 2.46. The average Bonchev–Trinajstić information content (AvgIpc) is 2.04. The van der Waals surface area contributed by atoms with Gasteiger partial charge in [-0.2, -0.15) is 0 Å². The van der Waals surface area contributed by atoms with Gasteiger partial charge < -0.3 is 4.89 Å². The van der Waals surface area contributed by atoms with Crippen molar-refractivity contribution in [3.63, 3.8) is 0 Å². The molecule has 0 aromatic heterocycles. The Labute approximate surface area is 68.1 Å². The van der Waals surface area contributed by atoms with Crippen LogP contribution in [0.5, 0.6) is 5.75 Å². The number of rotatable bonds is 2. The molecule has 0 aliphatic carbocycles. The highest BCUT2D eigenvalue weighted by molar-refractivity contribution is 6.68. The summed E-state index contributed by atoms with van der Waals surface area (Å²) in [5.41, 5.74) is 0.150. The monoisotopic (exact) mass is 172 g/mol. The van der Waals surface area contributed by atoms with Gasteiger partial charge in [0.1, 0.15) is 0 Å². The molecule has 1 aromatic rings. The number of halogens is 1. The number of carbonyl (C=O) groups is 1. The fraction of sp³-hybridized carbons (Fsp3) is 0. The minimum atomic E-state index is -0.658. The molecule has 0 aliphatic rings. The van der Waals surface area contributed by atoms with E-state index in [2.05, 4.69) is 4.89 Å². The summed E-state index contributed by atoms with van der Waals surface area (Å²) < 4.78 is 0. The molecule has 1 aromatic carbocycles. The second-order valence-electron chi connectivity index (χ2n) is 1.86. The van der Waals surface area contributed by atoms with E-state index >= 15 is 0 Å². The summed E-state index contributed by atoms with van der Waals surface area (Å²) in [6, 6.07) is 6.14. The molecule has 0 amide bonds. The SMILES string of the molecule is O=C(Cl)c1ccccc1OO.